The number of aromatic nitrogens is 2. The van der Waals surface area contributed by atoms with Gasteiger partial charge in [0.15, 0.2) is 18.0 Å². The third kappa shape index (κ3) is 3.51. The van der Waals surface area contributed by atoms with E-state index in [0.717, 1.165) is 42.0 Å². The number of nitrogens with one attached hydrogen (secondary N) is 1. The number of nitrogens with zero attached hydrogens (tertiary/aromatic N) is 4. The number of hydrogen-bond acceptors (Lipinski definition) is 5. The van der Waals surface area contributed by atoms with Crippen LogP contribution in [0.3, 0.4) is 0 Å². The zero-order valence-electron chi connectivity index (χ0n) is 18.2. The second-order valence-corrected chi connectivity index (χ2v) is 8.54. The van der Waals surface area contributed by atoms with E-state index < -0.39 is 0 Å². The summed E-state index contributed by atoms with van der Waals surface area (Å²) < 4.78 is 5.40. The summed E-state index contributed by atoms with van der Waals surface area (Å²) in [5.41, 5.74) is 5.65. The Balaban J connectivity index is 1.34. The Bertz CT molecular complexity index is 1330. The van der Waals surface area contributed by atoms with Crippen molar-refractivity contribution in [3.63, 3.8) is 0 Å². The van der Waals surface area contributed by atoms with Gasteiger partial charge in [-0.3, -0.25) is 4.90 Å². The fourth-order valence-electron chi connectivity index (χ4n) is 4.73. The predicted molar refractivity (Wildman–Crippen MR) is 128 cm³/mol. The maximum atomic E-state index is 13.5. The number of oxazole rings is 1. The van der Waals surface area contributed by atoms with Crippen molar-refractivity contribution >= 4 is 23.2 Å². The summed E-state index contributed by atoms with van der Waals surface area (Å²) >= 11 is 0. The predicted octanol–water partition coefficient (Wildman–Crippen LogP) is 5.34. The van der Waals surface area contributed by atoms with Crippen molar-refractivity contribution < 1.29 is 9.21 Å². The lowest BCUT2D eigenvalue weighted by atomic mass is 10.1. The summed E-state index contributed by atoms with van der Waals surface area (Å²) in [5.74, 6) is 1.37. The van der Waals surface area contributed by atoms with Gasteiger partial charge < -0.3 is 14.6 Å². The van der Waals surface area contributed by atoms with E-state index in [-0.39, 0.29) is 12.1 Å². The highest BCUT2D eigenvalue weighted by molar-refractivity contribution is 6.05. The molecule has 2 aromatic heterocycles. The highest BCUT2D eigenvalue weighted by Crippen LogP contribution is 2.40. The molecular formula is C26H23N5O2. The molecule has 2 aliphatic rings. The number of aryl methyl sites for hydroxylation is 1. The molecule has 0 saturated carbocycles. The molecule has 0 aliphatic carbocycles. The van der Waals surface area contributed by atoms with E-state index in [1.165, 1.54) is 12.0 Å². The first-order chi connectivity index (χ1) is 16.2. The van der Waals surface area contributed by atoms with Gasteiger partial charge in [0.05, 0.1) is 23.6 Å². The Morgan fingerprint density at radius 3 is 2.82 bits per heavy atom. The zero-order valence-corrected chi connectivity index (χ0v) is 18.2. The molecule has 1 N–H and O–H groups in total. The SMILES string of the molecule is Cc1cccc(-c2ccc3c(n2)N(C(=O)Nc2cccc(-c4cnco4)c2)[C@H]2CCN3C2)c1. The van der Waals surface area contributed by atoms with Crippen molar-refractivity contribution in [3.8, 4) is 22.6 Å². The van der Waals surface area contributed by atoms with E-state index in [2.05, 4.69) is 46.4 Å². The Kier molecular flexibility index (Phi) is 4.61. The Hall–Kier alpha value is -4.13. The quantitative estimate of drug-likeness (QED) is 0.468. The average molecular weight is 438 g/mol. The molecule has 0 radical (unpaired) electrons. The minimum absolute atomic E-state index is 0.0928. The van der Waals surface area contributed by atoms with Crippen LogP contribution in [-0.2, 0) is 0 Å². The lowest BCUT2D eigenvalue weighted by Gasteiger charge is -2.36. The van der Waals surface area contributed by atoms with Gasteiger partial charge in [0, 0.05) is 29.9 Å². The standard InChI is InChI=1S/C26H23N5O2/c1-17-4-2-5-18(12-17)22-8-9-23-25(29-22)31(21-10-11-30(23)15-21)26(32)28-20-7-3-6-19(13-20)24-14-27-16-33-24/h2-9,12-14,16,21H,10-11,15H2,1H3,(H,28,32)/t21-/m0/s1. The van der Waals surface area contributed by atoms with E-state index in [4.69, 9.17) is 9.40 Å². The number of carbonyl (C=O) groups is 1. The van der Waals surface area contributed by atoms with Crippen LogP contribution in [0.4, 0.5) is 22.0 Å². The van der Waals surface area contributed by atoms with Crippen molar-refractivity contribution in [2.75, 3.05) is 28.2 Å². The molecule has 2 aromatic carbocycles. The monoisotopic (exact) mass is 437 g/mol. The third-order valence-electron chi connectivity index (χ3n) is 6.32. The molecule has 2 bridgehead atoms. The van der Waals surface area contributed by atoms with Gasteiger partial charge in [-0.1, -0.05) is 35.9 Å². The highest BCUT2D eigenvalue weighted by atomic mass is 16.3. The van der Waals surface area contributed by atoms with Crippen LogP contribution < -0.4 is 15.1 Å². The van der Waals surface area contributed by atoms with Crippen molar-refractivity contribution in [2.45, 2.75) is 19.4 Å². The molecule has 7 heteroatoms. The molecule has 4 aromatic rings. The smallest absolute Gasteiger partial charge is 0.327 e. The van der Waals surface area contributed by atoms with Gasteiger partial charge in [-0.15, -0.1) is 0 Å². The number of benzene rings is 2. The first-order valence-corrected chi connectivity index (χ1v) is 11.1. The van der Waals surface area contributed by atoms with Gasteiger partial charge in [0.25, 0.3) is 0 Å². The van der Waals surface area contributed by atoms with Crippen LogP contribution in [-0.4, -0.2) is 35.1 Å². The fourth-order valence-corrected chi connectivity index (χ4v) is 4.73. The van der Waals surface area contributed by atoms with Gasteiger partial charge in [-0.05, 0) is 43.7 Å². The van der Waals surface area contributed by atoms with E-state index >= 15 is 0 Å². The van der Waals surface area contributed by atoms with Crippen molar-refractivity contribution in [1.29, 1.82) is 0 Å². The number of pyridine rings is 1. The highest BCUT2D eigenvalue weighted by Gasteiger charge is 2.40. The molecule has 0 unspecified atom stereocenters. The number of amides is 2. The molecule has 33 heavy (non-hydrogen) atoms. The normalized spacial score (nSPS) is 16.6. The average Bonchev–Trinajstić information content (AvgIpc) is 3.51. The second kappa shape index (κ2) is 7.78. The Labute approximate surface area is 191 Å². The molecule has 0 spiro atoms. The lowest BCUT2D eigenvalue weighted by Crippen LogP contribution is -2.48. The molecule has 164 valence electrons. The van der Waals surface area contributed by atoms with Crippen molar-refractivity contribution in [3.05, 3.63) is 78.8 Å². The van der Waals surface area contributed by atoms with Gasteiger partial charge in [-0.25, -0.2) is 14.8 Å². The van der Waals surface area contributed by atoms with Crippen LogP contribution in [0.15, 0.2) is 77.7 Å². The summed E-state index contributed by atoms with van der Waals surface area (Å²) in [6, 6.07) is 19.9. The van der Waals surface area contributed by atoms with Crippen LogP contribution in [0.2, 0.25) is 0 Å². The maximum absolute atomic E-state index is 13.5. The number of anilines is 3. The molecule has 2 aliphatic heterocycles. The number of hydrogen-bond donors (Lipinski definition) is 1. The third-order valence-corrected chi connectivity index (χ3v) is 6.32. The lowest BCUT2D eigenvalue weighted by molar-refractivity contribution is 0.255. The molecule has 2 amide bonds. The maximum Gasteiger partial charge on any atom is 0.327 e. The zero-order chi connectivity index (χ0) is 22.4. The number of rotatable bonds is 3. The van der Waals surface area contributed by atoms with Crippen LogP contribution in [0.1, 0.15) is 12.0 Å². The Morgan fingerprint density at radius 2 is 1.97 bits per heavy atom. The minimum Gasteiger partial charge on any atom is -0.444 e. The summed E-state index contributed by atoms with van der Waals surface area (Å²) in [5, 5.41) is 3.07. The molecule has 1 atom stereocenters. The molecule has 1 fully saturated rings. The van der Waals surface area contributed by atoms with E-state index in [9.17, 15) is 4.79 Å². The van der Waals surface area contributed by atoms with Gasteiger partial charge >= 0.3 is 6.03 Å². The van der Waals surface area contributed by atoms with Crippen LogP contribution in [0.5, 0.6) is 0 Å². The first kappa shape index (κ1) is 19.5. The largest absolute Gasteiger partial charge is 0.444 e. The number of urea groups is 1. The Morgan fingerprint density at radius 1 is 1.09 bits per heavy atom. The van der Waals surface area contributed by atoms with Crippen molar-refractivity contribution in [2.24, 2.45) is 0 Å². The van der Waals surface area contributed by atoms with Crippen LogP contribution >= 0.6 is 0 Å². The van der Waals surface area contributed by atoms with E-state index in [0.29, 0.717) is 17.3 Å². The van der Waals surface area contributed by atoms with Crippen LogP contribution in [0.25, 0.3) is 22.6 Å². The van der Waals surface area contributed by atoms with Crippen LogP contribution in [0, 0.1) is 6.92 Å². The number of fused-ring (bicyclic) bond motifs is 4. The fraction of sp³-hybridized carbons (Fsp3) is 0.192. The first-order valence-electron chi connectivity index (χ1n) is 11.1. The van der Waals surface area contributed by atoms with Gasteiger partial charge in [-0.2, -0.15) is 0 Å². The summed E-state index contributed by atoms with van der Waals surface area (Å²) in [6.07, 6.45) is 3.97. The summed E-state index contributed by atoms with van der Waals surface area (Å²) in [4.78, 5) is 26.6. The summed E-state index contributed by atoms with van der Waals surface area (Å²) in [7, 11) is 0. The summed E-state index contributed by atoms with van der Waals surface area (Å²) in [6.45, 7) is 3.82. The van der Waals surface area contributed by atoms with E-state index in [1.807, 2.05) is 41.3 Å². The topological polar surface area (TPSA) is 74.5 Å². The van der Waals surface area contributed by atoms with E-state index in [1.54, 1.807) is 6.20 Å². The molecule has 1 saturated heterocycles. The minimum atomic E-state index is -0.175. The van der Waals surface area contributed by atoms with Crippen molar-refractivity contribution in [1.82, 2.24) is 9.97 Å². The molecular weight excluding hydrogens is 414 g/mol. The van der Waals surface area contributed by atoms with Gasteiger partial charge in [0.2, 0.25) is 0 Å². The molecule has 6 rings (SSSR count). The second-order valence-electron chi connectivity index (χ2n) is 8.54. The molecule has 4 heterocycles. The number of carbonyl (C=O) groups excluding carboxylic acids is 1. The molecule has 7 nitrogen and oxygen atoms in total. The van der Waals surface area contributed by atoms with Gasteiger partial charge in [0.1, 0.15) is 0 Å².